The van der Waals surface area contributed by atoms with Gasteiger partial charge in [0, 0.05) is 12.8 Å². The van der Waals surface area contributed by atoms with Crippen LogP contribution in [0.3, 0.4) is 0 Å². The summed E-state index contributed by atoms with van der Waals surface area (Å²) < 4.78 is 11.8. The highest BCUT2D eigenvalue weighted by Gasteiger charge is 2.39. The Morgan fingerprint density at radius 3 is 1.89 bits per heavy atom. The highest BCUT2D eigenvalue weighted by Crippen LogP contribution is 2.32. The lowest BCUT2D eigenvalue weighted by Gasteiger charge is -2.34. The van der Waals surface area contributed by atoms with Gasteiger partial charge in [0.15, 0.2) is 0 Å². The average molecular weight is 378 g/mol. The number of carbonyl (C=O) groups is 1. The number of anilines is 1. The molecule has 4 heteroatoms. The summed E-state index contributed by atoms with van der Waals surface area (Å²) in [6.45, 7) is 16.7. The molecule has 1 rings (SSSR count). The van der Waals surface area contributed by atoms with Crippen molar-refractivity contribution in [2.75, 3.05) is 12.4 Å². The Bertz CT molecular complexity index is 589. The Morgan fingerprint density at radius 2 is 1.52 bits per heavy atom. The van der Waals surface area contributed by atoms with Crippen LogP contribution in [0.4, 0.5) is 5.69 Å². The predicted octanol–water partition coefficient (Wildman–Crippen LogP) is 5.90. The molecule has 0 aliphatic rings. The number of rotatable bonds is 10. The van der Waals surface area contributed by atoms with Gasteiger partial charge in [0.25, 0.3) is 5.91 Å². The smallest absolute Gasteiger partial charge is 0.256 e. The Morgan fingerprint density at radius 1 is 1.04 bits per heavy atom. The van der Waals surface area contributed by atoms with Gasteiger partial charge in [-0.1, -0.05) is 34.6 Å². The zero-order valence-corrected chi connectivity index (χ0v) is 18.7. The van der Waals surface area contributed by atoms with E-state index in [1.165, 1.54) is 0 Å². The predicted molar refractivity (Wildman–Crippen MR) is 114 cm³/mol. The lowest BCUT2D eigenvalue weighted by atomic mass is 9.84. The SMILES string of the molecule is CC[C@@H](C)Oc1c(C)cc(NC(=O)C(CC(C)C)(CC(C)C)OC)cc1C. The quantitative estimate of drug-likeness (QED) is 0.552. The summed E-state index contributed by atoms with van der Waals surface area (Å²) in [6.07, 6.45) is 2.51. The second kappa shape index (κ2) is 10.1. The summed E-state index contributed by atoms with van der Waals surface area (Å²) in [6, 6.07) is 3.96. The van der Waals surface area contributed by atoms with Crippen LogP contribution in [0.1, 0.15) is 71.9 Å². The largest absolute Gasteiger partial charge is 0.490 e. The van der Waals surface area contributed by atoms with E-state index < -0.39 is 5.60 Å². The van der Waals surface area contributed by atoms with Crippen molar-refractivity contribution in [3.63, 3.8) is 0 Å². The first-order chi connectivity index (χ1) is 12.5. The number of hydrogen-bond acceptors (Lipinski definition) is 3. The zero-order valence-electron chi connectivity index (χ0n) is 18.7. The monoisotopic (exact) mass is 377 g/mol. The first-order valence-corrected chi connectivity index (χ1v) is 10.2. The van der Waals surface area contributed by atoms with Crippen molar-refractivity contribution in [1.29, 1.82) is 0 Å². The van der Waals surface area contributed by atoms with Gasteiger partial charge in [-0.25, -0.2) is 0 Å². The third-order valence-corrected chi connectivity index (χ3v) is 4.89. The summed E-state index contributed by atoms with van der Waals surface area (Å²) in [4.78, 5) is 13.2. The van der Waals surface area contributed by atoms with Gasteiger partial charge in [-0.2, -0.15) is 0 Å². The number of ether oxygens (including phenoxy) is 2. The van der Waals surface area contributed by atoms with Crippen LogP contribution in [-0.2, 0) is 9.53 Å². The molecule has 0 bridgehead atoms. The van der Waals surface area contributed by atoms with Crippen molar-refractivity contribution >= 4 is 11.6 Å². The zero-order chi connectivity index (χ0) is 20.8. The van der Waals surface area contributed by atoms with Crippen LogP contribution >= 0.6 is 0 Å². The molecule has 0 spiro atoms. The molecule has 1 atom stereocenters. The van der Waals surface area contributed by atoms with Crippen molar-refractivity contribution in [3.05, 3.63) is 23.3 Å². The fourth-order valence-corrected chi connectivity index (χ4v) is 3.58. The molecule has 0 radical (unpaired) electrons. The Hall–Kier alpha value is -1.55. The molecule has 0 aliphatic heterocycles. The minimum atomic E-state index is -0.809. The Kier molecular flexibility index (Phi) is 8.80. The molecule has 1 aromatic rings. The molecule has 0 aromatic heterocycles. The average Bonchev–Trinajstić information content (AvgIpc) is 2.56. The fraction of sp³-hybridized carbons (Fsp3) is 0.696. The lowest BCUT2D eigenvalue weighted by Crippen LogP contribution is -2.47. The maximum absolute atomic E-state index is 13.2. The number of aryl methyl sites for hydroxylation is 2. The number of benzene rings is 1. The van der Waals surface area contributed by atoms with Gasteiger partial charge in [0.2, 0.25) is 0 Å². The first kappa shape index (κ1) is 23.5. The Labute approximate surface area is 166 Å². The summed E-state index contributed by atoms with van der Waals surface area (Å²) in [7, 11) is 1.64. The van der Waals surface area contributed by atoms with Gasteiger partial charge in [-0.3, -0.25) is 4.79 Å². The lowest BCUT2D eigenvalue weighted by molar-refractivity contribution is -0.142. The van der Waals surface area contributed by atoms with Crippen molar-refractivity contribution < 1.29 is 14.3 Å². The molecular formula is C23H39NO3. The van der Waals surface area contributed by atoms with Crippen LogP contribution in [-0.4, -0.2) is 24.7 Å². The molecule has 0 unspecified atom stereocenters. The molecule has 154 valence electrons. The van der Waals surface area contributed by atoms with Crippen molar-refractivity contribution in [1.82, 2.24) is 0 Å². The van der Waals surface area contributed by atoms with Crippen molar-refractivity contribution in [2.24, 2.45) is 11.8 Å². The number of carbonyl (C=O) groups excluding carboxylic acids is 1. The van der Waals surface area contributed by atoms with Crippen LogP contribution in [0.2, 0.25) is 0 Å². The molecule has 27 heavy (non-hydrogen) atoms. The molecule has 1 amide bonds. The molecule has 0 saturated heterocycles. The summed E-state index contributed by atoms with van der Waals surface area (Å²) >= 11 is 0. The fourth-order valence-electron chi connectivity index (χ4n) is 3.58. The summed E-state index contributed by atoms with van der Waals surface area (Å²) in [5.74, 6) is 1.57. The number of methoxy groups -OCH3 is 1. The van der Waals surface area contributed by atoms with E-state index in [1.54, 1.807) is 7.11 Å². The van der Waals surface area contributed by atoms with Crippen LogP contribution in [0.15, 0.2) is 12.1 Å². The van der Waals surface area contributed by atoms with E-state index in [0.29, 0.717) is 24.7 Å². The Balaban J connectivity index is 3.11. The minimum Gasteiger partial charge on any atom is -0.490 e. The second-order valence-corrected chi connectivity index (χ2v) is 8.62. The summed E-state index contributed by atoms with van der Waals surface area (Å²) in [5.41, 5.74) is 2.04. The standard InChI is InChI=1S/C23H39NO3/c1-10-19(8)27-21-17(6)11-20(12-18(21)7)24-22(25)23(26-9,13-15(2)3)14-16(4)5/h11-12,15-16,19H,10,13-14H2,1-9H3,(H,24,25)/t19-/m1/s1. The van der Waals surface area contributed by atoms with Crippen LogP contribution in [0.25, 0.3) is 0 Å². The topological polar surface area (TPSA) is 47.6 Å². The third kappa shape index (κ3) is 6.53. The molecule has 1 N–H and O–H groups in total. The van der Waals surface area contributed by atoms with E-state index in [4.69, 9.17) is 9.47 Å². The highest BCUT2D eigenvalue weighted by atomic mass is 16.5. The number of hydrogen-bond donors (Lipinski definition) is 1. The molecule has 1 aromatic carbocycles. The van der Waals surface area contributed by atoms with E-state index >= 15 is 0 Å². The van der Waals surface area contributed by atoms with Crippen LogP contribution in [0.5, 0.6) is 5.75 Å². The van der Waals surface area contributed by atoms with Crippen LogP contribution in [0, 0.1) is 25.7 Å². The van der Waals surface area contributed by atoms with Crippen LogP contribution < -0.4 is 10.1 Å². The van der Waals surface area contributed by atoms with Gasteiger partial charge in [-0.05, 0) is 75.1 Å². The highest BCUT2D eigenvalue weighted by molar-refractivity contribution is 5.97. The van der Waals surface area contributed by atoms with E-state index in [-0.39, 0.29) is 12.0 Å². The minimum absolute atomic E-state index is 0.0678. The van der Waals surface area contributed by atoms with Crippen molar-refractivity contribution in [2.45, 2.75) is 86.4 Å². The van der Waals surface area contributed by atoms with Gasteiger partial charge in [0.05, 0.1) is 6.10 Å². The van der Waals surface area contributed by atoms with E-state index in [1.807, 2.05) is 26.0 Å². The molecule has 0 saturated carbocycles. The molecular weight excluding hydrogens is 338 g/mol. The maximum atomic E-state index is 13.2. The molecule has 4 nitrogen and oxygen atoms in total. The normalized spacial score (nSPS) is 13.1. The van der Waals surface area contributed by atoms with Gasteiger partial charge in [-0.15, -0.1) is 0 Å². The van der Waals surface area contributed by atoms with E-state index in [9.17, 15) is 4.79 Å². The first-order valence-electron chi connectivity index (χ1n) is 10.2. The van der Waals surface area contributed by atoms with Crippen molar-refractivity contribution in [3.8, 4) is 5.75 Å². The molecule has 0 aliphatic carbocycles. The molecule has 0 fully saturated rings. The van der Waals surface area contributed by atoms with E-state index in [0.717, 1.165) is 29.0 Å². The third-order valence-electron chi connectivity index (χ3n) is 4.89. The number of nitrogens with one attached hydrogen (secondary N) is 1. The van der Waals surface area contributed by atoms with Gasteiger partial charge < -0.3 is 14.8 Å². The van der Waals surface area contributed by atoms with E-state index in [2.05, 4.69) is 46.9 Å². The maximum Gasteiger partial charge on any atom is 0.256 e. The second-order valence-electron chi connectivity index (χ2n) is 8.62. The summed E-state index contributed by atoms with van der Waals surface area (Å²) in [5, 5.41) is 3.10. The number of amides is 1. The molecule has 0 heterocycles. The van der Waals surface area contributed by atoms with Gasteiger partial charge >= 0.3 is 0 Å². The van der Waals surface area contributed by atoms with Gasteiger partial charge in [0.1, 0.15) is 11.4 Å².